The summed E-state index contributed by atoms with van der Waals surface area (Å²) in [6.45, 7) is 5.74. The number of hydroxylamine groups is 1. The number of hydrogen-bond acceptors (Lipinski definition) is 7. The van der Waals surface area contributed by atoms with Gasteiger partial charge >= 0.3 is 5.97 Å². The van der Waals surface area contributed by atoms with Crippen molar-refractivity contribution in [2.24, 2.45) is 17.3 Å². The number of ketones is 1. The topological polar surface area (TPSA) is 85.3 Å². The number of fused-ring (bicyclic) bond motifs is 4. The van der Waals surface area contributed by atoms with Crippen LogP contribution in [0.4, 0.5) is 5.69 Å². The molecule has 2 saturated heterocycles. The van der Waals surface area contributed by atoms with Gasteiger partial charge in [-0.25, -0.2) is 9.86 Å². The number of aryl methyl sites for hydroxylation is 1. The van der Waals surface area contributed by atoms with E-state index in [0.29, 0.717) is 19.3 Å². The molecule has 37 heavy (non-hydrogen) atoms. The lowest BCUT2D eigenvalue weighted by Crippen LogP contribution is -2.57. The maximum atomic E-state index is 13.8. The van der Waals surface area contributed by atoms with Crippen LogP contribution >= 0.6 is 0 Å². The maximum absolute atomic E-state index is 13.8. The SMILES string of the molecule is COc1ccc(C2CC3(ON2c2ccccc2)C(=O)O[C@@H]2[C@H]3CC[C@H](C)[C@]3(O)C=CC(=O)[C@@]23C)c(C)c1. The first kappa shape index (κ1) is 24.2. The lowest BCUT2D eigenvalue weighted by Gasteiger charge is -2.43. The summed E-state index contributed by atoms with van der Waals surface area (Å²) in [5.74, 6) is -0.467. The Bertz CT molecular complexity index is 1290. The molecule has 1 N–H and O–H groups in total. The molecule has 7 heteroatoms. The summed E-state index contributed by atoms with van der Waals surface area (Å²) in [5, 5.41) is 13.6. The van der Waals surface area contributed by atoms with E-state index < -0.39 is 28.7 Å². The molecule has 0 radical (unpaired) electrons. The van der Waals surface area contributed by atoms with Gasteiger partial charge in [-0.1, -0.05) is 31.2 Å². The van der Waals surface area contributed by atoms with Crippen LogP contribution in [0.3, 0.4) is 0 Å². The molecule has 6 rings (SSSR count). The van der Waals surface area contributed by atoms with Crippen LogP contribution in [0, 0.1) is 24.2 Å². The van der Waals surface area contributed by atoms with Crippen LogP contribution in [0.2, 0.25) is 0 Å². The van der Waals surface area contributed by atoms with Crippen LogP contribution in [-0.4, -0.2) is 41.3 Å². The van der Waals surface area contributed by atoms with Crippen molar-refractivity contribution < 1.29 is 29.0 Å². The third kappa shape index (κ3) is 3.13. The number of methoxy groups -OCH3 is 1. The first-order valence-electron chi connectivity index (χ1n) is 13.0. The summed E-state index contributed by atoms with van der Waals surface area (Å²) in [4.78, 5) is 33.8. The van der Waals surface area contributed by atoms with Crippen molar-refractivity contribution >= 4 is 17.4 Å². The minimum absolute atomic E-state index is 0.173. The maximum Gasteiger partial charge on any atom is 0.342 e. The van der Waals surface area contributed by atoms with Crippen molar-refractivity contribution in [2.75, 3.05) is 12.2 Å². The first-order chi connectivity index (χ1) is 17.7. The highest BCUT2D eigenvalue weighted by Gasteiger charge is 2.74. The van der Waals surface area contributed by atoms with Crippen molar-refractivity contribution in [3.63, 3.8) is 0 Å². The Balaban J connectivity index is 1.46. The first-order valence-corrected chi connectivity index (χ1v) is 13.0. The highest BCUT2D eigenvalue weighted by molar-refractivity contribution is 6.00. The molecule has 1 spiro atoms. The number of hydrogen-bond donors (Lipinski definition) is 1. The van der Waals surface area contributed by atoms with Crippen molar-refractivity contribution in [1.29, 1.82) is 0 Å². The van der Waals surface area contributed by atoms with Gasteiger partial charge in [-0.3, -0.25) is 9.63 Å². The summed E-state index contributed by atoms with van der Waals surface area (Å²) < 4.78 is 11.5. The van der Waals surface area contributed by atoms with E-state index in [-0.39, 0.29) is 23.7 Å². The Labute approximate surface area is 217 Å². The molecule has 1 saturated carbocycles. The van der Waals surface area contributed by atoms with E-state index in [1.165, 1.54) is 6.08 Å². The minimum Gasteiger partial charge on any atom is -0.497 e. The molecule has 7 nitrogen and oxygen atoms in total. The number of nitrogens with zero attached hydrogens (tertiary/aromatic N) is 1. The smallest absolute Gasteiger partial charge is 0.342 e. The number of esters is 1. The van der Waals surface area contributed by atoms with E-state index in [1.54, 1.807) is 20.1 Å². The van der Waals surface area contributed by atoms with Crippen molar-refractivity contribution in [3.8, 4) is 5.75 Å². The Morgan fingerprint density at radius 1 is 1.11 bits per heavy atom. The normalized spacial score (nSPS) is 38.5. The average molecular weight is 504 g/mol. The second kappa shape index (κ2) is 8.17. The van der Waals surface area contributed by atoms with Gasteiger partial charge in [0.2, 0.25) is 5.60 Å². The van der Waals surface area contributed by atoms with Crippen molar-refractivity contribution in [1.82, 2.24) is 0 Å². The largest absolute Gasteiger partial charge is 0.497 e. The fourth-order valence-electron chi connectivity index (χ4n) is 7.22. The predicted octanol–water partition coefficient (Wildman–Crippen LogP) is 4.47. The van der Waals surface area contributed by atoms with Crippen LogP contribution in [0.25, 0.3) is 0 Å². The second-order valence-corrected chi connectivity index (χ2v) is 11.2. The molecular formula is C30H33NO6. The number of rotatable bonds is 3. The van der Waals surface area contributed by atoms with Crippen molar-refractivity contribution in [3.05, 3.63) is 71.8 Å². The molecule has 194 valence electrons. The van der Waals surface area contributed by atoms with Gasteiger partial charge < -0.3 is 14.6 Å². The Morgan fingerprint density at radius 2 is 1.86 bits per heavy atom. The van der Waals surface area contributed by atoms with Gasteiger partial charge in [0.15, 0.2) is 5.78 Å². The van der Waals surface area contributed by atoms with Crippen LogP contribution in [-0.2, 0) is 19.2 Å². The highest BCUT2D eigenvalue weighted by atomic mass is 16.7. The fraction of sp³-hybridized carbons (Fsp3) is 0.467. The molecule has 0 amide bonds. The fourth-order valence-corrected chi connectivity index (χ4v) is 7.22. The molecule has 0 aromatic heterocycles. The van der Waals surface area contributed by atoms with E-state index in [1.807, 2.05) is 67.4 Å². The zero-order valence-electron chi connectivity index (χ0n) is 21.6. The number of benzene rings is 2. The molecule has 2 unspecified atom stereocenters. The van der Waals surface area contributed by atoms with Gasteiger partial charge in [0, 0.05) is 12.3 Å². The number of carbonyl (C=O) groups excluding carboxylic acids is 2. The lowest BCUT2D eigenvalue weighted by atomic mass is 9.63. The van der Waals surface area contributed by atoms with Gasteiger partial charge in [-0.05, 0) is 80.2 Å². The number of para-hydroxylation sites is 1. The van der Waals surface area contributed by atoms with Crippen LogP contribution in [0.5, 0.6) is 5.75 Å². The number of anilines is 1. The molecule has 3 fully saturated rings. The van der Waals surface area contributed by atoms with E-state index in [0.717, 1.165) is 22.6 Å². The summed E-state index contributed by atoms with van der Waals surface area (Å²) in [7, 11) is 1.64. The second-order valence-electron chi connectivity index (χ2n) is 11.2. The van der Waals surface area contributed by atoms with Crippen LogP contribution in [0.1, 0.15) is 50.3 Å². The molecule has 0 bridgehead atoms. The van der Waals surface area contributed by atoms with Gasteiger partial charge in [0.05, 0.1) is 24.3 Å². The molecule has 2 aromatic carbocycles. The lowest BCUT2D eigenvalue weighted by molar-refractivity contribution is -0.169. The average Bonchev–Trinajstić information content (AvgIpc) is 3.49. The monoisotopic (exact) mass is 503 g/mol. The number of carbonyl (C=O) groups is 2. The summed E-state index contributed by atoms with van der Waals surface area (Å²) >= 11 is 0. The van der Waals surface area contributed by atoms with Crippen molar-refractivity contribution in [2.45, 2.75) is 63.4 Å². The van der Waals surface area contributed by atoms with Gasteiger partial charge in [-0.15, -0.1) is 0 Å². The highest BCUT2D eigenvalue weighted by Crippen LogP contribution is 2.61. The molecule has 2 aliphatic carbocycles. The van der Waals surface area contributed by atoms with E-state index >= 15 is 0 Å². The zero-order chi connectivity index (χ0) is 26.2. The third-order valence-electron chi connectivity index (χ3n) is 9.50. The Hall–Kier alpha value is -3.16. The van der Waals surface area contributed by atoms with E-state index in [2.05, 4.69) is 0 Å². The van der Waals surface area contributed by atoms with Gasteiger partial charge in [0.25, 0.3) is 0 Å². The summed E-state index contributed by atoms with van der Waals surface area (Å²) in [6, 6.07) is 15.4. The molecular weight excluding hydrogens is 470 g/mol. The predicted molar refractivity (Wildman–Crippen MR) is 137 cm³/mol. The zero-order valence-corrected chi connectivity index (χ0v) is 21.6. The Morgan fingerprint density at radius 3 is 2.57 bits per heavy atom. The molecule has 2 aromatic rings. The quantitative estimate of drug-likeness (QED) is 0.619. The van der Waals surface area contributed by atoms with Crippen LogP contribution < -0.4 is 9.80 Å². The van der Waals surface area contributed by atoms with Gasteiger partial charge in [0.1, 0.15) is 17.5 Å². The molecule has 2 aliphatic heterocycles. The number of ether oxygens (including phenoxy) is 2. The number of allylic oxidation sites excluding steroid dienone is 1. The summed E-state index contributed by atoms with van der Waals surface area (Å²) in [5.41, 5.74) is -1.02. The van der Waals surface area contributed by atoms with E-state index in [4.69, 9.17) is 14.3 Å². The van der Waals surface area contributed by atoms with E-state index in [9.17, 15) is 14.7 Å². The molecule has 4 aliphatic rings. The molecule has 2 heterocycles. The minimum atomic E-state index is -1.38. The van der Waals surface area contributed by atoms with Gasteiger partial charge in [-0.2, -0.15) is 0 Å². The molecule has 7 atom stereocenters. The number of aliphatic hydroxyl groups is 1. The van der Waals surface area contributed by atoms with Crippen LogP contribution in [0.15, 0.2) is 60.7 Å². The third-order valence-corrected chi connectivity index (χ3v) is 9.50. The summed E-state index contributed by atoms with van der Waals surface area (Å²) in [6.07, 6.45) is 3.90. The Kier molecular flexibility index (Phi) is 5.34. The standard InChI is InChI=1S/C30H33NO6/c1-18-16-21(35-4)11-12-22(18)24-17-29(37-31(24)20-8-6-5-7-9-20)23-13-10-19(2)30(34)15-14-25(32)28(30,3)26(23)36-27(29)33/h5-9,11-12,14-16,19,23-24,26,34H,10,13,17H2,1-4H3/t19-,23+,24?,26+,28-,29?,30+/m0/s1.